The largest absolute Gasteiger partial charge is 0.489 e. The molecule has 0 radical (unpaired) electrons. The second-order valence-electron chi connectivity index (χ2n) is 5.05. The SMILES string of the molecule is CCC(C)c1ccc(OCC2CCCO2)c(N)c1. The highest BCUT2D eigenvalue weighted by Crippen LogP contribution is 2.28. The quantitative estimate of drug-likeness (QED) is 0.814. The lowest BCUT2D eigenvalue weighted by molar-refractivity contribution is 0.0682. The highest BCUT2D eigenvalue weighted by Gasteiger charge is 2.16. The Morgan fingerprint density at radius 2 is 2.33 bits per heavy atom. The average Bonchev–Trinajstić information content (AvgIpc) is 2.89. The third-order valence-corrected chi connectivity index (χ3v) is 3.66. The number of nitrogen functional groups attached to an aromatic ring is 1. The van der Waals surface area contributed by atoms with E-state index in [1.165, 1.54) is 5.56 Å². The van der Waals surface area contributed by atoms with Crippen molar-refractivity contribution in [2.45, 2.75) is 45.1 Å². The molecular weight excluding hydrogens is 226 g/mol. The van der Waals surface area contributed by atoms with E-state index in [4.69, 9.17) is 15.2 Å². The summed E-state index contributed by atoms with van der Waals surface area (Å²) in [7, 11) is 0. The molecule has 2 N–H and O–H groups in total. The van der Waals surface area contributed by atoms with Crippen molar-refractivity contribution in [1.29, 1.82) is 0 Å². The van der Waals surface area contributed by atoms with Gasteiger partial charge in [-0.2, -0.15) is 0 Å². The van der Waals surface area contributed by atoms with Crippen LogP contribution in [0.4, 0.5) is 5.69 Å². The molecule has 1 fully saturated rings. The molecule has 0 saturated carbocycles. The first kappa shape index (κ1) is 13.2. The topological polar surface area (TPSA) is 44.5 Å². The minimum atomic E-state index is 0.235. The minimum absolute atomic E-state index is 0.235. The van der Waals surface area contributed by atoms with E-state index in [1.54, 1.807) is 0 Å². The molecule has 1 aromatic rings. The van der Waals surface area contributed by atoms with Crippen molar-refractivity contribution in [3.8, 4) is 5.75 Å². The fourth-order valence-electron chi connectivity index (χ4n) is 2.20. The maximum Gasteiger partial charge on any atom is 0.142 e. The first-order valence-corrected chi connectivity index (χ1v) is 6.84. The molecule has 0 amide bonds. The molecule has 1 aliphatic rings. The van der Waals surface area contributed by atoms with Crippen LogP contribution < -0.4 is 10.5 Å². The van der Waals surface area contributed by atoms with Crippen LogP contribution in [0.15, 0.2) is 18.2 Å². The van der Waals surface area contributed by atoms with Gasteiger partial charge in [0.05, 0.1) is 11.8 Å². The fourth-order valence-corrected chi connectivity index (χ4v) is 2.20. The molecule has 1 aliphatic heterocycles. The fraction of sp³-hybridized carbons (Fsp3) is 0.600. The van der Waals surface area contributed by atoms with Crippen molar-refractivity contribution in [2.24, 2.45) is 0 Å². The van der Waals surface area contributed by atoms with Gasteiger partial charge >= 0.3 is 0 Å². The standard InChI is InChI=1S/C15H23NO2/c1-3-11(2)12-6-7-15(14(16)9-12)18-10-13-5-4-8-17-13/h6-7,9,11,13H,3-5,8,10,16H2,1-2H3. The first-order valence-electron chi connectivity index (χ1n) is 6.84. The summed E-state index contributed by atoms with van der Waals surface area (Å²) in [6, 6.07) is 6.11. The van der Waals surface area contributed by atoms with E-state index in [-0.39, 0.29) is 6.10 Å². The van der Waals surface area contributed by atoms with E-state index in [0.29, 0.717) is 12.5 Å². The van der Waals surface area contributed by atoms with Gasteiger partial charge in [-0.05, 0) is 42.9 Å². The summed E-state index contributed by atoms with van der Waals surface area (Å²) in [4.78, 5) is 0. The molecule has 0 aromatic heterocycles. The van der Waals surface area contributed by atoms with E-state index in [0.717, 1.165) is 37.3 Å². The second kappa shape index (κ2) is 6.10. The monoisotopic (exact) mass is 249 g/mol. The molecular formula is C15H23NO2. The third-order valence-electron chi connectivity index (χ3n) is 3.66. The number of ether oxygens (including phenoxy) is 2. The Bertz CT molecular complexity index is 386. The lowest BCUT2D eigenvalue weighted by atomic mass is 9.98. The molecule has 18 heavy (non-hydrogen) atoms. The third kappa shape index (κ3) is 3.16. The number of hydrogen-bond acceptors (Lipinski definition) is 3. The molecule has 100 valence electrons. The molecule has 2 rings (SSSR count). The van der Waals surface area contributed by atoms with Crippen molar-refractivity contribution in [3.05, 3.63) is 23.8 Å². The van der Waals surface area contributed by atoms with Gasteiger partial charge in [0.25, 0.3) is 0 Å². The van der Waals surface area contributed by atoms with Crippen LogP contribution in [0.3, 0.4) is 0 Å². The van der Waals surface area contributed by atoms with E-state index in [1.807, 2.05) is 12.1 Å². The molecule has 1 heterocycles. The summed E-state index contributed by atoms with van der Waals surface area (Å²) in [5, 5.41) is 0. The Hall–Kier alpha value is -1.22. The van der Waals surface area contributed by atoms with Crippen molar-refractivity contribution in [2.75, 3.05) is 18.9 Å². The van der Waals surface area contributed by atoms with Gasteiger partial charge in [-0.25, -0.2) is 0 Å². The summed E-state index contributed by atoms with van der Waals surface area (Å²) >= 11 is 0. The highest BCUT2D eigenvalue weighted by molar-refractivity contribution is 5.54. The molecule has 2 atom stereocenters. The van der Waals surface area contributed by atoms with Gasteiger partial charge in [0.15, 0.2) is 0 Å². The van der Waals surface area contributed by atoms with E-state index in [2.05, 4.69) is 19.9 Å². The van der Waals surface area contributed by atoms with Gasteiger partial charge in [-0.15, -0.1) is 0 Å². The average molecular weight is 249 g/mol. The smallest absolute Gasteiger partial charge is 0.142 e. The first-order chi connectivity index (χ1) is 8.70. The van der Waals surface area contributed by atoms with Crippen LogP contribution in [-0.4, -0.2) is 19.3 Å². The Labute approximate surface area is 109 Å². The summed E-state index contributed by atoms with van der Waals surface area (Å²) in [6.07, 6.45) is 3.58. The van der Waals surface area contributed by atoms with Gasteiger partial charge in [-0.1, -0.05) is 19.9 Å². The van der Waals surface area contributed by atoms with Crippen LogP contribution >= 0.6 is 0 Å². The Morgan fingerprint density at radius 1 is 1.50 bits per heavy atom. The van der Waals surface area contributed by atoms with Crippen molar-refractivity contribution < 1.29 is 9.47 Å². The predicted molar refractivity (Wildman–Crippen MR) is 74.0 cm³/mol. The molecule has 0 aliphatic carbocycles. The van der Waals surface area contributed by atoms with Gasteiger partial charge in [-0.3, -0.25) is 0 Å². The van der Waals surface area contributed by atoms with Crippen LogP contribution in [0.25, 0.3) is 0 Å². The summed E-state index contributed by atoms with van der Waals surface area (Å²) in [5.41, 5.74) is 8.04. The zero-order valence-electron chi connectivity index (χ0n) is 11.3. The molecule has 0 bridgehead atoms. The maximum atomic E-state index is 6.03. The summed E-state index contributed by atoms with van der Waals surface area (Å²) in [6.45, 7) is 5.85. The van der Waals surface area contributed by atoms with Crippen LogP contribution in [0.2, 0.25) is 0 Å². The van der Waals surface area contributed by atoms with Gasteiger partial charge in [0, 0.05) is 6.61 Å². The van der Waals surface area contributed by atoms with Crippen molar-refractivity contribution in [3.63, 3.8) is 0 Å². The predicted octanol–water partition coefficient (Wildman–Crippen LogP) is 3.34. The Balaban J connectivity index is 1.96. The summed E-state index contributed by atoms with van der Waals surface area (Å²) in [5.74, 6) is 1.32. The number of hydrogen-bond donors (Lipinski definition) is 1. The number of anilines is 1. The maximum absolute atomic E-state index is 6.03. The van der Waals surface area contributed by atoms with Crippen molar-refractivity contribution >= 4 is 5.69 Å². The Morgan fingerprint density at radius 3 is 2.94 bits per heavy atom. The second-order valence-corrected chi connectivity index (χ2v) is 5.05. The number of benzene rings is 1. The van der Waals surface area contributed by atoms with E-state index in [9.17, 15) is 0 Å². The lowest BCUT2D eigenvalue weighted by Gasteiger charge is -2.15. The van der Waals surface area contributed by atoms with Crippen molar-refractivity contribution in [1.82, 2.24) is 0 Å². The van der Waals surface area contributed by atoms with Crippen LogP contribution in [0.5, 0.6) is 5.75 Å². The van der Waals surface area contributed by atoms with Crippen LogP contribution in [0, 0.1) is 0 Å². The zero-order valence-corrected chi connectivity index (χ0v) is 11.3. The molecule has 0 spiro atoms. The minimum Gasteiger partial charge on any atom is -0.489 e. The van der Waals surface area contributed by atoms with E-state index >= 15 is 0 Å². The van der Waals surface area contributed by atoms with Gasteiger partial charge in [0.2, 0.25) is 0 Å². The Kier molecular flexibility index (Phi) is 4.48. The molecule has 3 heteroatoms. The van der Waals surface area contributed by atoms with E-state index < -0.39 is 0 Å². The molecule has 2 unspecified atom stereocenters. The summed E-state index contributed by atoms with van der Waals surface area (Å²) < 4.78 is 11.3. The zero-order chi connectivity index (χ0) is 13.0. The molecule has 3 nitrogen and oxygen atoms in total. The van der Waals surface area contributed by atoms with Crippen LogP contribution in [-0.2, 0) is 4.74 Å². The molecule has 1 aromatic carbocycles. The highest BCUT2D eigenvalue weighted by atomic mass is 16.5. The number of rotatable bonds is 5. The van der Waals surface area contributed by atoms with Crippen LogP contribution in [0.1, 0.15) is 44.6 Å². The van der Waals surface area contributed by atoms with Gasteiger partial charge in [0.1, 0.15) is 12.4 Å². The van der Waals surface area contributed by atoms with Gasteiger partial charge < -0.3 is 15.2 Å². The lowest BCUT2D eigenvalue weighted by Crippen LogP contribution is -2.16. The molecule has 1 saturated heterocycles. The number of nitrogens with two attached hydrogens (primary N) is 1. The normalized spacial score (nSPS) is 20.9.